The van der Waals surface area contributed by atoms with E-state index in [4.69, 9.17) is 9.47 Å². The molecule has 5 rings (SSSR count). The fourth-order valence-corrected chi connectivity index (χ4v) is 5.60. The Morgan fingerprint density at radius 3 is 2.12 bits per heavy atom. The Morgan fingerprint density at radius 1 is 0.900 bits per heavy atom. The van der Waals surface area contributed by atoms with Gasteiger partial charge in [0.05, 0.1) is 12.7 Å². The molecule has 0 radical (unpaired) electrons. The van der Waals surface area contributed by atoms with E-state index in [1.807, 2.05) is 54.6 Å². The fourth-order valence-electron chi connectivity index (χ4n) is 5.60. The number of rotatable bonds is 11. The Morgan fingerprint density at radius 2 is 1.50 bits per heavy atom. The van der Waals surface area contributed by atoms with E-state index < -0.39 is 24.2 Å². The van der Waals surface area contributed by atoms with Gasteiger partial charge in [-0.15, -0.1) is 0 Å². The topological polar surface area (TPSA) is 114 Å². The summed E-state index contributed by atoms with van der Waals surface area (Å²) in [4.78, 5) is 36.9. The summed E-state index contributed by atoms with van der Waals surface area (Å²) in [7, 11) is 0. The maximum Gasteiger partial charge on any atom is 0.407 e. The monoisotopic (exact) mass is 542 g/mol. The summed E-state index contributed by atoms with van der Waals surface area (Å²) >= 11 is 0. The predicted molar refractivity (Wildman–Crippen MR) is 150 cm³/mol. The van der Waals surface area contributed by atoms with Gasteiger partial charge in [-0.2, -0.15) is 0 Å². The van der Waals surface area contributed by atoms with Gasteiger partial charge in [-0.1, -0.05) is 78.9 Å². The van der Waals surface area contributed by atoms with Gasteiger partial charge in [0.15, 0.2) is 6.04 Å². The zero-order valence-electron chi connectivity index (χ0n) is 22.4. The summed E-state index contributed by atoms with van der Waals surface area (Å²) < 4.78 is 11.3. The summed E-state index contributed by atoms with van der Waals surface area (Å²) in [5.41, 5.74) is 5.59. The maximum atomic E-state index is 12.6. The Kier molecular flexibility index (Phi) is 8.45. The minimum Gasteiger partial charge on any atom is -0.480 e. The number of carboxylic acids is 1. The molecule has 0 aliphatic heterocycles. The van der Waals surface area contributed by atoms with Crippen molar-refractivity contribution in [2.24, 2.45) is 5.92 Å². The highest BCUT2D eigenvalue weighted by molar-refractivity contribution is 5.84. The van der Waals surface area contributed by atoms with E-state index in [1.165, 1.54) is 11.1 Å². The van der Waals surface area contributed by atoms with Crippen LogP contribution >= 0.6 is 0 Å². The molecule has 2 amide bonds. The Labute approximate surface area is 233 Å². The maximum absolute atomic E-state index is 12.6. The smallest absolute Gasteiger partial charge is 0.407 e. The molecular formula is C32H34N2O6. The molecule has 8 heteroatoms. The average molecular weight is 543 g/mol. The molecule has 8 nitrogen and oxygen atoms in total. The van der Waals surface area contributed by atoms with E-state index >= 15 is 0 Å². The van der Waals surface area contributed by atoms with Crippen molar-refractivity contribution in [2.45, 2.75) is 56.9 Å². The average Bonchev–Trinajstić information content (AvgIpc) is 3.26. The molecule has 0 bridgehead atoms. The Bertz CT molecular complexity index is 1310. The van der Waals surface area contributed by atoms with Gasteiger partial charge >= 0.3 is 12.1 Å². The normalized spacial score (nSPS) is 18.9. The number of hydrogen-bond donors (Lipinski definition) is 3. The lowest BCUT2D eigenvalue weighted by molar-refractivity contribution is -0.146. The van der Waals surface area contributed by atoms with Gasteiger partial charge in [-0.25, -0.2) is 9.59 Å². The Balaban J connectivity index is 1.04. The molecule has 0 saturated heterocycles. The third-order valence-corrected chi connectivity index (χ3v) is 7.78. The van der Waals surface area contributed by atoms with Crippen LogP contribution in [0.3, 0.4) is 0 Å². The highest BCUT2D eigenvalue weighted by atomic mass is 16.5. The van der Waals surface area contributed by atoms with Crippen molar-refractivity contribution in [3.63, 3.8) is 0 Å². The highest BCUT2D eigenvalue weighted by Crippen LogP contribution is 2.44. The second-order valence-corrected chi connectivity index (χ2v) is 10.6. The molecule has 3 aromatic rings. The number of aliphatic carboxylic acids is 1. The summed E-state index contributed by atoms with van der Waals surface area (Å²) in [5, 5.41) is 15.1. The number of carboxylic acid groups (broad SMARTS) is 1. The lowest BCUT2D eigenvalue weighted by atomic mass is 9.78. The van der Waals surface area contributed by atoms with Gasteiger partial charge in [0.25, 0.3) is 0 Å². The third kappa shape index (κ3) is 6.34. The molecule has 0 unspecified atom stereocenters. The number of carbonyl (C=O) groups is 3. The summed E-state index contributed by atoms with van der Waals surface area (Å²) in [6, 6.07) is 24.6. The summed E-state index contributed by atoms with van der Waals surface area (Å²) in [5.74, 6) is -1.42. The lowest BCUT2D eigenvalue weighted by Gasteiger charge is -2.35. The summed E-state index contributed by atoms with van der Waals surface area (Å²) in [6.45, 7) is 2.15. The number of alkyl carbamates (subject to hydrolysis) is 1. The quantitative estimate of drug-likeness (QED) is 0.319. The number of carbonyl (C=O) groups excluding carboxylic acids is 2. The van der Waals surface area contributed by atoms with Gasteiger partial charge in [-0.05, 0) is 53.5 Å². The van der Waals surface area contributed by atoms with Crippen molar-refractivity contribution in [3.8, 4) is 11.1 Å². The first-order chi connectivity index (χ1) is 19.4. The second-order valence-electron chi connectivity index (χ2n) is 10.6. The van der Waals surface area contributed by atoms with Crippen molar-refractivity contribution in [2.75, 3.05) is 6.61 Å². The number of nitrogens with one attached hydrogen (secondary N) is 2. The van der Waals surface area contributed by atoms with E-state index in [9.17, 15) is 19.5 Å². The number of hydrogen-bond acceptors (Lipinski definition) is 5. The number of benzene rings is 3. The van der Waals surface area contributed by atoms with Crippen LogP contribution in [0, 0.1) is 5.92 Å². The first-order valence-electron chi connectivity index (χ1n) is 13.7. The standard InChI is InChI=1S/C32H34N2O6/c1-20(39-18-21-9-3-2-4-10-21)30(31(36)37)34-29(35)17-22-15-23(16-22)33-32(38)40-19-28-26-13-7-5-11-24(26)25-12-6-8-14-27(25)28/h2-14,20,22-23,28,30H,15-19H2,1H3,(H,33,38)(H,34,35)(H,36,37)/t20-,22?,23?,30+/m0/s1. The number of fused-ring (bicyclic) bond motifs is 3. The van der Waals surface area contributed by atoms with Crippen LogP contribution in [-0.4, -0.2) is 47.9 Å². The molecular weight excluding hydrogens is 508 g/mol. The molecule has 40 heavy (non-hydrogen) atoms. The van der Waals surface area contributed by atoms with Gasteiger partial charge in [0, 0.05) is 18.4 Å². The molecule has 3 aromatic carbocycles. The molecule has 2 atom stereocenters. The lowest BCUT2D eigenvalue weighted by Crippen LogP contribution is -2.50. The van der Waals surface area contributed by atoms with Crippen molar-refractivity contribution < 1.29 is 29.0 Å². The Hall–Kier alpha value is -4.17. The van der Waals surface area contributed by atoms with Crippen LogP contribution in [0.15, 0.2) is 78.9 Å². The second kappa shape index (κ2) is 12.3. The van der Waals surface area contributed by atoms with Gasteiger partial charge < -0.3 is 25.2 Å². The van der Waals surface area contributed by atoms with Gasteiger partial charge in [0.1, 0.15) is 6.61 Å². The van der Waals surface area contributed by atoms with E-state index in [2.05, 4.69) is 34.9 Å². The van der Waals surface area contributed by atoms with Crippen LogP contribution in [0.25, 0.3) is 11.1 Å². The first-order valence-corrected chi connectivity index (χ1v) is 13.7. The SMILES string of the molecule is C[C@H](OCc1ccccc1)[C@@H](NC(=O)CC1CC(NC(=O)OCC2c3ccccc3-c3ccccc32)C1)C(=O)O. The molecule has 1 saturated carbocycles. The van der Waals surface area contributed by atoms with Gasteiger partial charge in [0.2, 0.25) is 5.91 Å². The number of ether oxygens (including phenoxy) is 2. The van der Waals surface area contributed by atoms with E-state index in [0.717, 1.165) is 16.7 Å². The largest absolute Gasteiger partial charge is 0.480 e. The molecule has 0 spiro atoms. The third-order valence-electron chi connectivity index (χ3n) is 7.78. The highest BCUT2D eigenvalue weighted by Gasteiger charge is 2.35. The molecule has 0 aromatic heterocycles. The van der Waals surface area contributed by atoms with Crippen molar-refractivity contribution in [3.05, 3.63) is 95.6 Å². The zero-order chi connectivity index (χ0) is 28.1. The van der Waals surface area contributed by atoms with Crippen molar-refractivity contribution >= 4 is 18.0 Å². The van der Waals surface area contributed by atoms with E-state index in [-0.39, 0.29) is 43.4 Å². The van der Waals surface area contributed by atoms with E-state index in [0.29, 0.717) is 12.8 Å². The summed E-state index contributed by atoms with van der Waals surface area (Å²) in [6.07, 6.45) is 0.291. The molecule has 3 N–H and O–H groups in total. The van der Waals surface area contributed by atoms with Crippen molar-refractivity contribution in [1.82, 2.24) is 10.6 Å². The molecule has 208 valence electrons. The zero-order valence-corrected chi connectivity index (χ0v) is 22.4. The van der Waals surface area contributed by atoms with Crippen molar-refractivity contribution in [1.29, 1.82) is 0 Å². The molecule has 2 aliphatic carbocycles. The van der Waals surface area contributed by atoms with Crippen LogP contribution in [-0.2, 0) is 25.7 Å². The fraction of sp³-hybridized carbons (Fsp3) is 0.344. The molecule has 2 aliphatic rings. The van der Waals surface area contributed by atoms with E-state index in [1.54, 1.807) is 6.92 Å². The van der Waals surface area contributed by atoms with Crippen LogP contribution in [0.4, 0.5) is 4.79 Å². The van der Waals surface area contributed by atoms with Crippen LogP contribution in [0.1, 0.15) is 48.8 Å². The molecule has 0 heterocycles. The van der Waals surface area contributed by atoms with Gasteiger partial charge in [-0.3, -0.25) is 4.79 Å². The minimum absolute atomic E-state index is 0.00256. The number of amides is 2. The van der Waals surface area contributed by atoms with Crippen LogP contribution < -0.4 is 10.6 Å². The van der Waals surface area contributed by atoms with Crippen LogP contribution in [0.2, 0.25) is 0 Å². The molecule has 1 fully saturated rings. The predicted octanol–water partition coefficient (Wildman–Crippen LogP) is 4.87. The minimum atomic E-state index is -1.15. The van der Waals surface area contributed by atoms with Crippen LogP contribution in [0.5, 0.6) is 0 Å². The first kappa shape index (κ1) is 27.4.